The highest BCUT2D eigenvalue weighted by molar-refractivity contribution is 9.10. The van der Waals surface area contributed by atoms with Crippen LogP contribution in [0, 0.1) is 0 Å². The molecule has 1 aromatic heterocycles. The van der Waals surface area contributed by atoms with Crippen LogP contribution in [-0.2, 0) is 16.1 Å². The molecule has 6 nitrogen and oxygen atoms in total. The molecule has 0 unspecified atom stereocenters. The van der Waals surface area contributed by atoms with Gasteiger partial charge in [0.25, 0.3) is 0 Å². The summed E-state index contributed by atoms with van der Waals surface area (Å²) in [5, 5.41) is 3.26. The summed E-state index contributed by atoms with van der Waals surface area (Å²) in [6, 6.07) is 24.9. The average molecular weight is 593 g/mol. The van der Waals surface area contributed by atoms with E-state index in [1.165, 1.54) is 17.4 Å². The van der Waals surface area contributed by atoms with Crippen LogP contribution < -0.4 is 14.8 Å². The van der Waals surface area contributed by atoms with Gasteiger partial charge in [-0.1, -0.05) is 60.7 Å². The molecule has 8 heteroatoms. The van der Waals surface area contributed by atoms with Gasteiger partial charge in [0.15, 0.2) is 11.5 Å². The lowest BCUT2D eigenvalue weighted by Crippen LogP contribution is -2.11. The average Bonchev–Trinajstić information content (AvgIpc) is 3.36. The maximum absolute atomic E-state index is 12.8. The minimum absolute atomic E-state index is 0.240. The van der Waals surface area contributed by atoms with Gasteiger partial charge >= 0.3 is 5.97 Å². The Morgan fingerprint density at radius 2 is 1.71 bits per heavy atom. The zero-order valence-electron chi connectivity index (χ0n) is 20.9. The summed E-state index contributed by atoms with van der Waals surface area (Å²) < 4.78 is 17.4. The second kappa shape index (κ2) is 13.1. The number of rotatable bonds is 10. The van der Waals surface area contributed by atoms with Gasteiger partial charge < -0.3 is 19.5 Å². The number of carbonyl (C=O) groups is 2. The van der Waals surface area contributed by atoms with Crippen LogP contribution >= 0.6 is 27.3 Å². The lowest BCUT2D eigenvalue weighted by Gasteiger charge is -2.13. The Morgan fingerprint density at radius 1 is 1.00 bits per heavy atom. The number of hydrogen-bond acceptors (Lipinski definition) is 6. The van der Waals surface area contributed by atoms with Crippen LogP contribution in [0.4, 0.5) is 5.00 Å². The number of carbonyl (C=O) groups excluding carboxylic acids is 2. The molecule has 1 amide bonds. The van der Waals surface area contributed by atoms with E-state index in [1.54, 1.807) is 32.2 Å². The fraction of sp³-hybridized carbons (Fsp3) is 0.133. The van der Waals surface area contributed by atoms with E-state index < -0.39 is 5.97 Å². The second-order valence-electron chi connectivity index (χ2n) is 8.07. The van der Waals surface area contributed by atoms with E-state index in [0.29, 0.717) is 33.1 Å². The Bertz CT molecular complexity index is 1430. The number of benzene rings is 3. The van der Waals surface area contributed by atoms with Crippen LogP contribution in [0.1, 0.15) is 28.4 Å². The minimum Gasteiger partial charge on any atom is -0.493 e. The normalized spacial score (nSPS) is 10.8. The molecule has 1 heterocycles. The highest BCUT2D eigenvalue weighted by Crippen LogP contribution is 2.38. The van der Waals surface area contributed by atoms with E-state index in [0.717, 1.165) is 21.6 Å². The topological polar surface area (TPSA) is 73.9 Å². The first-order valence-corrected chi connectivity index (χ1v) is 13.5. The lowest BCUT2D eigenvalue weighted by molar-refractivity contribution is -0.111. The molecule has 0 aliphatic rings. The predicted molar refractivity (Wildman–Crippen MR) is 155 cm³/mol. The number of esters is 1. The molecule has 0 fully saturated rings. The zero-order chi connectivity index (χ0) is 26.9. The molecule has 4 aromatic rings. The third-order valence-electron chi connectivity index (χ3n) is 5.43. The van der Waals surface area contributed by atoms with Crippen molar-refractivity contribution in [3.05, 3.63) is 106 Å². The number of ether oxygens (including phenoxy) is 3. The van der Waals surface area contributed by atoms with Crippen LogP contribution in [0.15, 0.2) is 89.4 Å². The Labute approximate surface area is 234 Å². The molecule has 0 spiro atoms. The molecular weight excluding hydrogens is 566 g/mol. The third kappa shape index (κ3) is 6.90. The van der Waals surface area contributed by atoms with Crippen molar-refractivity contribution in [1.29, 1.82) is 0 Å². The summed E-state index contributed by atoms with van der Waals surface area (Å²) in [5.41, 5.74) is 3.04. The Morgan fingerprint density at radius 3 is 2.39 bits per heavy atom. The Kier molecular flexibility index (Phi) is 9.35. The first-order chi connectivity index (χ1) is 18.5. The van der Waals surface area contributed by atoms with E-state index in [1.807, 2.05) is 66.7 Å². The van der Waals surface area contributed by atoms with Gasteiger partial charge in [-0.25, -0.2) is 4.79 Å². The van der Waals surface area contributed by atoms with Crippen molar-refractivity contribution in [3.63, 3.8) is 0 Å². The molecule has 1 N–H and O–H groups in total. The van der Waals surface area contributed by atoms with Gasteiger partial charge in [0.1, 0.15) is 11.6 Å². The SMILES string of the molecule is CCOC(=O)c1cc(-c2ccccc2)sc1NC(=O)C=Cc1cc(Br)c(OCc2ccccc2)c(OC)c1. The summed E-state index contributed by atoms with van der Waals surface area (Å²) in [6.45, 7) is 2.38. The molecule has 0 radical (unpaired) electrons. The fourth-order valence-corrected chi connectivity index (χ4v) is 5.25. The molecule has 3 aromatic carbocycles. The van der Waals surface area contributed by atoms with Gasteiger partial charge in [-0.15, -0.1) is 11.3 Å². The third-order valence-corrected chi connectivity index (χ3v) is 7.12. The lowest BCUT2D eigenvalue weighted by atomic mass is 10.1. The number of anilines is 1. The number of nitrogens with one attached hydrogen (secondary N) is 1. The number of methoxy groups -OCH3 is 1. The standard InChI is InChI=1S/C30H26BrNO5S/c1-3-36-30(34)23-18-26(22-12-8-5-9-13-22)38-29(23)32-27(33)15-14-21-16-24(31)28(25(17-21)35-2)37-19-20-10-6-4-7-11-20/h4-18H,3,19H2,1-2H3,(H,32,33). The van der Waals surface area contributed by atoms with E-state index in [2.05, 4.69) is 21.2 Å². The van der Waals surface area contributed by atoms with Gasteiger partial charge in [0.2, 0.25) is 5.91 Å². The van der Waals surface area contributed by atoms with E-state index in [-0.39, 0.29) is 12.5 Å². The quantitative estimate of drug-likeness (QED) is 0.152. The first kappa shape index (κ1) is 27.2. The molecule has 38 heavy (non-hydrogen) atoms. The van der Waals surface area contributed by atoms with Crippen LogP contribution in [-0.4, -0.2) is 25.6 Å². The molecule has 0 saturated carbocycles. The van der Waals surface area contributed by atoms with Gasteiger partial charge in [-0.3, -0.25) is 4.79 Å². The van der Waals surface area contributed by atoms with Crippen LogP contribution in [0.3, 0.4) is 0 Å². The molecule has 0 aliphatic heterocycles. The molecule has 0 aliphatic carbocycles. The highest BCUT2D eigenvalue weighted by Gasteiger charge is 2.19. The van der Waals surface area contributed by atoms with Gasteiger partial charge in [0, 0.05) is 11.0 Å². The van der Waals surface area contributed by atoms with Gasteiger partial charge in [0.05, 0.1) is 23.8 Å². The van der Waals surface area contributed by atoms with Gasteiger partial charge in [-0.2, -0.15) is 0 Å². The summed E-state index contributed by atoms with van der Waals surface area (Å²) in [5.74, 6) is 0.247. The van der Waals surface area contributed by atoms with Crippen molar-refractivity contribution in [2.24, 2.45) is 0 Å². The maximum Gasteiger partial charge on any atom is 0.341 e. The molecule has 0 saturated heterocycles. The Hall–Kier alpha value is -3.88. The summed E-state index contributed by atoms with van der Waals surface area (Å²) in [7, 11) is 1.56. The number of halogens is 1. The van der Waals surface area contributed by atoms with Crippen molar-refractivity contribution < 1.29 is 23.8 Å². The van der Waals surface area contributed by atoms with Crippen molar-refractivity contribution in [3.8, 4) is 21.9 Å². The van der Waals surface area contributed by atoms with Crippen LogP contribution in [0.5, 0.6) is 11.5 Å². The second-order valence-corrected chi connectivity index (χ2v) is 9.98. The van der Waals surface area contributed by atoms with Crippen molar-refractivity contribution >= 4 is 50.2 Å². The fourth-order valence-electron chi connectivity index (χ4n) is 3.62. The van der Waals surface area contributed by atoms with Gasteiger partial charge in [-0.05, 0) is 63.8 Å². The smallest absolute Gasteiger partial charge is 0.341 e. The van der Waals surface area contributed by atoms with Crippen LogP contribution in [0.25, 0.3) is 16.5 Å². The molecule has 194 valence electrons. The summed E-state index contributed by atoms with van der Waals surface area (Å²) in [4.78, 5) is 26.2. The molecule has 0 atom stereocenters. The monoisotopic (exact) mass is 591 g/mol. The molecule has 0 bridgehead atoms. The Balaban J connectivity index is 1.50. The number of hydrogen-bond donors (Lipinski definition) is 1. The number of amides is 1. The van der Waals surface area contributed by atoms with E-state index >= 15 is 0 Å². The highest BCUT2D eigenvalue weighted by atomic mass is 79.9. The molecular formula is C30H26BrNO5S. The summed E-state index contributed by atoms with van der Waals surface area (Å²) >= 11 is 4.87. The zero-order valence-corrected chi connectivity index (χ0v) is 23.3. The van der Waals surface area contributed by atoms with E-state index in [4.69, 9.17) is 14.2 Å². The van der Waals surface area contributed by atoms with E-state index in [9.17, 15) is 9.59 Å². The number of thiophene rings is 1. The minimum atomic E-state index is -0.482. The van der Waals surface area contributed by atoms with Crippen LogP contribution in [0.2, 0.25) is 0 Å². The van der Waals surface area contributed by atoms with Crippen molar-refractivity contribution in [2.45, 2.75) is 13.5 Å². The van der Waals surface area contributed by atoms with Crippen molar-refractivity contribution in [1.82, 2.24) is 0 Å². The van der Waals surface area contributed by atoms with Crippen molar-refractivity contribution in [2.75, 3.05) is 19.0 Å². The molecule has 4 rings (SSSR count). The maximum atomic E-state index is 12.8. The largest absolute Gasteiger partial charge is 0.493 e. The summed E-state index contributed by atoms with van der Waals surface area (Å²) in [6.07, 6.45) is 3.07. The first-order valence-electron chi connectivity index (χ1n) is 11.9. The predicted octanol–water partition coefficient (Wildman–Crippen LogP) is 7.59.